The lowest BCUT2D eigenvalue weighted by molar-refractivity contribution is 0.379. The van der Waals surface area contributed by atoms with Crippen LogP contribution in [-0.2, 0) is 6.54 Å². The number of hydrogen-bond donors (Lipinski definition) is 4. The number of benzene rings is 1. The van der Waals surface area contributed by atoms with E-state index < -0.39 is 0 Å². The van der Waals surface area contributed by atoms with Gasteiger partial charge >= 0.3 is 0 Å². The van der Waals surface area contributed by atoms with Crippen LogP contribution in [0.15, 0.2) is 24.8 Å². The summed E-state index contributed by atoms with van der Waals surface area (Å²) < 4.78 is 5.18. The number of fused-ring (bicyclic) bond motifs is 1. The van der Waals surface area contributed by atoms with Gasteiger partial charge < -0.3 is 25.3 Å². The average molecular weight is 287 g/mol. The zero-order valence-corrected chi connectivity index (χ0v) is 11.2. The summed E-state index contributed by atoms with van der Waals surface area (Å²) in [5.74, 6) is 0.578. The van der Waals surface area contributed by atoms with Gasteiger partial charge in [0.2, 0.25) is 0 Å². The number of ether oxygens (including phenoxy) is 1. The van der Waals surface area contributed by atoms with Crippen LogP contribution < -0.4 is 10.1 Å². The topological polar surface area (TPSA) is 116 Å². The van der Waals surface area contributed by atoms with E-state index in [2.05, 4.69) is 25.3 Å². The van der Waals surface area contributed by atoms with E-state index in [0.717, 1.165) is 0 Å². The highest BCUT2D eigenvalue weighted by Crippen LogP contribution is 2.36. The first-order valence-corrected chi connectivity index (χ1v) is 6.16. The van der Waals surface area contributed by atoms with Gasteiger partial charge in [-0.2, -0.15) is 0 Å². The number of hydrogen-bond acceptors (Lipinski definition) is 7. The molecule has 8 heteroatoms. The molecule has 0 fully saturated rings. The number of aromatic amines is 1. The quantitative estimate of drug-likeness (QED) is 0.536. The van der Waals surface area contributed by atoms with Crippen LogP contribution >= 0.6 is 0 Å². The van der Waals surface area contributed by atoms with Crippen LogP contribution in [0.1, 0.15) is 5.56 Å². The maximum absolute atomic E-state index is 9.94. The lowest BCUT2D eigenvalue weighted by Gasteiger charge is -2.12. The molecule has 2 aromatic heterocycles. The predicted molar refractivity (Wildman–Crippen MR) is 75.3 cm³/mol. The number of aromatic nitrogens is 4. The van der Waals surface area contributed by atoms with Crippen LogP contribution in [0, 0.1) is 0 Å². The molecular weight excluding hydrogens is 274 g/mol. The van der Waals surface area contributed by atoms with Crippen LogP contribution in [0.2, 0.25) is 0 Å². The number of phenolic OH excluding ortho intramolecular Hbond substituents is 2. The van der Waals surface area contributed by atoms with Gasteiger partial charge in [-0.1, -0.05) is 0 Å². The van der Waals surface area contributed by atoms with Gasteiger partial charge in [-0.05, 0) is 12.1 Å². The Morgan fingerprint density at radius 3 is 2.90 bits per heavy atom. The molecule has 3 aromatic rings. The molecule has 1 aromatic carbocycles. The average Bonchev–Trinajstić information content (AvgIpc) is 2.98. The van der Waals surface area contributed by atoms with Gasteiger partial charge in [-0.25, -0.2) is 15.0 Å². The van der Waals surface area contributed by atoms with E-state index >= 15 is 0 Å². The molecule has 21 heavy (non-hydrogen) atoms. The Balaban J connectivity index is 1.91. The molecule has 0 spiro atoms. The zero-order valence-electron chi connectivity index (χ0n) is 11.2. The van der Waals surface area contributed by atoms with E-state index in [1.165, 1.54) is 25.8 Å². The third-order valence-corrected chi connectivity index (χ3v) is 3.09. The van der Waals surface area contributed by atoms with E-state index in [1.54, 1.807) is 6.07 Å². The molecule has 0 bridgehead atoms. The van der Waals surface area contributed by atoms with E-state index in [4.69, 9.17) is 4.74 Å². The third-order valence-electron chi connectivity index (χ3n) is 3.09. The summed E-state index contributed by atoms with van der Waals surface area (Å²) in [5, 5.41) is 22.6. The fourth-order valence-electron chi connectivity index (χ4n) is 2.04. The predicted octanol–water partition coefficient (Wildman–Crippen LogP) is 1.38. The van der Waals surface area contributed by atoms with Crippen LogP contribution in [0.3, 0.4) is 0 Å². The van der Waals surface area contributed by atoms with Gasteiger partial charge in [0.1, 0.15) is 17.6 Å². The minimum absolute atomic E-state index is 0.207. The Morgan fingerprint density at radius 1 is 1.24 bits per heavy atom. The first kappa shape index (κ1) is 13.0. The number of aromatic hydroxyl groups is 2. The number of H-pyrrole nitrogens is 1. The van der Waals surface area contributed by atoms with Crippen molar-refractivity contribution in [2.75, 3.05) is 12.4 Å². The minimum atomic E-state index is -0.225. The van der Waals surface area contributed by atoms with Crippen LogP contribution in [-0.4, -0.2) is 37.3 Å². The second kappa shape index (κ2) is 5.16. The van der Waals surface area contributed by atoms with Crippen molar-refractivity contribution in [2.24, 2.45) is 0 Å². The number of imidazole rings is 1. The maximum atomic E-state index is 9.94. The molecular formula is C13H13N5O3. The Labute approximate surface area is 119 Å². The largest absolute Gasteiger partial charge is 0.504 e. The fourth-order valence-corrected chi connectivity index (χ4v) is 2.04. The molecule has 0 amide bonds. The van der Waals surface area contributed by atoms with Crippen molar-refractivity contribution in [1.82, 2.24) is 19.9 Å². The molecule has 0 aliphatic heterocycles. The highest BCUT2D eigenvalue weighted by Gasteiger charge is 2.14. The lowest BCUT2D eigenvalue weighted by atomic mass is 10.1. The molecule has 4 N–H and O–H groups in total. The van der Waals surface area contributed by atoms with Crippen molar-refractivity contribution in [2.45, 2.75) is 6.54 Å². The summed E-state index contributed by atoms with van der Waals surface area (Å²) in [6, 6.07) is 2.95. The molecule has 0 aliphatic rings. The monoisotopic (exact) mass is 287 g/mol. The van der Waals surface area contributed by atoms with Crippen LogP contribution in [0.5, 0.6) is 17.2 Å². The van der Waals surface area contributed by atoms with Crippen molar-refractivity contribution < 1.29 is 14.9 Å². The summed E-state index contributed by atoms with van der Waals surface area (Å²) in [7, 11) is 1.49. The summed E-state index contributed by atoms with van der Waals surface area (Å²) in [6.07, 6.45) is 2.92. The maximum Gasteiger partial charge on any atom is 0.182 e. The zero-order chi connectivity index (χ0) is 14.8. The summed E-state index contributed by atoms with van der Waals surface area (Å²) >= 11 is 0. The molecule has 3 rings (SSSR count). The number of anilines is 1. The molecule has 0 atom stereocenters. The third kappa shape index (κ3) is 2.27. The fraction of sp³-hybridized carbons (Fsp3) is 0.154. The lowest BCUT2D eigenvalue weighted by Crippen LogP contribution is -2.04. The van der Waals surface area contributed by atoms with Crippen molar-refractivity contribution in [3.8, 4) is 17.2 Å². The molecule has 2 heterocycles. The number of rotatable bonds is 4. The molecule has 8 nitrogen and oxygen atoms in total. The molecule has 0 unspecified atom stereocenters. The molecule has 0 saturated heterocycles. The van der Waals surface area contributed by atoms with Crippen molar-refractivity contribution in [1.29, 1.82) is 0 Å². The van der Waals surface area contributed by atoms with E-state index in [9.17, 15) is 10.2 Å². The van der Waals surface area contributed by atoms with Crippen molar-refractivity contribution in [3.05, 3.63) is 30.4 Å². The standard InChI is InChI=1S/C13H13N5O3/c1-21-9-3-2-8(19)11(20)7(9)4-14-12-10-13(16-5-15-10)18-6-17-12/h2-3,5-6,19-20H,4H2,1H3,(H2,14,15,16,17,18). The first-order chi connectivity index (χ1) is 10.2. The molecule has 0 saturated carbocycles. The van der Waals surface area contributed by atoms with Gasteiger partial charge in [0, 0.05) is 6.54 Å². The smallest absolute Gasteiger partial charge is 0.182 e. The molecule has 0 aliphatic carbocycles. The normalized spacial score (nSPS) is 10.7. The second-order valence-corrected chi connectivity index (χ2v) is 4.29. The second-order valence-electron chi connectivity index (χ2n) is 4.29. The van der Waals surface area contributed by atoms with E-state index in [-0.39, 0.29) is 18.0 Å². The molecule has 0 radical (unpaired) electrons. The van der Waals surface area contributed by atoms with Gasteiger partial charge in [0.25, 0.3) is 0 Å². The van der Waals surface area contributed by atoms with E-state index in [0.29, 0.717) is 28.3 Å². The van der Waals surface area contributed by atoms with Gasteiger partial charge in [-0.3, -0.25) is 0 Å². The first-order valence-electron chi connectivity index (χ1n) is 6.16. The Bertz CT molecular complexity index is 787. The van der Waals surface area contributed by atoms with Crippen LogP contribution in [0.25, 0.3) is 11.2 Å². The minimum Gasteiger partial charge on any atom is -0.504 e. The van der Waals surface area contributed by atoms with Gasteiger partial charge in [-0.15, -0.1) is 0 Å². The Hall–Kier alpha value is -3.03. The number of nitrogens with zero attached hydrogens (tertiary/aromatic N) is 3. The SMILES string of the molecule is COc1ccc(O)c(O)c1CNc1ncnc2nc[nH]c12. The summed E-state index contributed by atoms with van der Waals surface area (Å²) in [4.78, 5) is 15.1. The Morgan fingerprint density at radius 2 is 2.10 bits per heavy atom. The number of methoxy groups -OCH3 is 1. The van der Waals surface area contributed by atoms with Crippen molar-refractivity contribution >= 4 is 17.0 Å². The Kier molecular flexibility index (Phi) is 3.19. The number of nitrogens with one attached hydrogen (secondary N) is 2. The van der Waals surface area contributed by atoms with E-state index in [1.807, 2.05) is 0 Å². The van der Waals surface area contributed by atoms with Crippen LogP contribution in [0.4, 0.5) is 5.82 Å². The molecule has 108 valence electrons. The highest BCUT2D eigenvalue weighted by molar-refractivity contribution is 5.82. The summed E-state index contributed by atoms with van der Waals surface area (Å²) in [5.41, 5.74) is 1.64. The van der Waals surface area contributed by atoms with Crippen molar-refractivity contribution in [3.63, 3.8) is 0 Å². The highest BCUT2D eigenvalue weighted by atomic mass is 16.5. The summed E-state index contributed by atoms with van der Waals surface area (Å²) in [6.45, 7) is 0.217. The van der Waals surface area contributed by atoms with Gasteiger partial charge in [0.05, 0.1) is 19.0 Å². The number of phenols is 2. The van der Waals surface area contributed by atoms with Gasteiger partial charge in [0.15, 0.2) is 23.0 Å².